The maximum Gasteiger partial charge on any atom is 0.159 e. The zero-order valence-corrected chi connectivity index (χ0v) is 23.1. The highest BCUT2D eigenvalue weighted by Crippen LogP contribution is 2.44. The van der Waals surface area contributed by atoms with E-state index in [0.717, 1.165) is 17.7 Å². The fraction of sp³-hybridized carbons (Fsp3) is 0.273. The fourth-order valence-corrected chi connectivity index (χ4v) is 4.34. The lowest BCUT2D eigenvalue weighted by Gasteiger charge is -2.33. The zero-order valence-electron chi connectivity index (χ0n) is 23.1. The minimum absolute atomic E-state index is 0.0139. The van der Waals surface area contributed by atoms with E-state index in [0.29, 0.717) is 5.76 Å². The SMILES string of the molecule is C/C=C(\C=C/N1Cc2ccc3c(oc4c(C)cccc43)c21)c1ccccc1.CC.COC(C)/C=C(/C)O. The molecule has 0 spiro atoms. The number of fused-ring (bicyclic) bond motifs is 5. The molecule has 1 aliphatic rings. The number of nitrogens with zero attached hydrogens (tertiary/aromatic N) is 1. The Balaban J connectivity index is 0.000000329. The molecule has 0 fully saturated rings. The summed E-state index contributed by atoms with van der Waals surface area (Å²) in [5.41, 5.74) is 8.16. The van der Waals surface area contributed by atoms with E-state index < -0.39 is 0 Å². The van der Waals surface area contributed by atoms with Crippen molar-refractivity contribution in [2.45, 2.75) is 54.2 Å². The number of methoxy groups -OCH3 is 1. The third-order valence-electron chi connectivity index (χ3n) is 6.25. The van der Waals surface area contributed by atoms with E-state index in [1.165, 1.54) is 38.7 Å². The normalized spacial score (nSPS) is 14.0. The zero-order chi connectivity index (χ0) is 26.9. The first kappa shape index (κ1) is 27.8. The molecule has 0 bridgehead atoms. The number of para-hydroxylation sites is 1. The average molecular weight is 498 g/mol. The van der Waals surface area contributed by atoms with Crippen molar-refractivity contribution in [3.63, 3.8) is 0 Å². The quantitative estimate of drug-likeness (QED) is 0.220. The van der Waals surface area contributed by atoms with E-state index in [1.807, 2.05) is 26.8 Å². The number of hydrogen-bond acceptors (Lipinski definition) is 4. The predicted octanol–water partition coefficient (Wildman–Crippen LogP) is 9.34. The van der Waals surface area contributed by atoms with Crippen molar-refractivity contribution >= 4 is 33.2 Å². The summed E-state index contributed by atoms with van der Waals surface area (Å²) in [6.45, 7) is 12.6. The Hall–Kier alpha value is -3.76. The van der Waals surface area contributed by atoms with Crippen molar-refractivity contribution < 1.29 is 14.3 Å². The summed E-state index contributed by atoms with van der Waals surface area (Å²) in [4.78, 5) is 2.28. The lowest BCUT2D eigenvalue weighted by molar-refractivity contribution is 0.153. The summed E-state index contributed by atoms with van der Waals surface area (Å²) in [6.07, 6.45) is 8.16. The Morgan fingerprint density at radius 1 is 1.00 bits per heavy atom. The highest BCUT2D eigenvalue weighted by Gasteiger charge is 2.26. The van der Waals surface area contributed by atoms with Crippen LogP contribution in [0.1, 0.15) is 51.3 Å². The Morgan fingerprint density at radius 2 is 1.70 bits per heavy atom. The Labute approximate surface area is 221 Å². The van der Waals surface area contributed by atoms with Gasteiger partial charge < -0.3 is 19.2 Å². The standard InChI is InChI=1S/C25H21NO.C6H12O2.C2H6/c1-3-18(19-9-5-4-6-10-19)14-15-26-16-20-12-13-22-21-11-7-8-17(2)24(21)27-25(22)23(20)26;1-5(7)4-6(2)8-3;1-2/h3-15H,16H2,1-2H3;4,6-7H,1-3H3;1-2H3/b15-14-,18-3+;5-4-;. The number of benzene rings is 3. The van der Waals surface area contributed by atoms with Gasteiger partial charge in [0.15, 0.2) is 5.58 Å². The van der Waals surface area contributed by atoms with E-state index in [-0.39, 0.29) is 6.10 Å². The smallest absolute Gasteiger partial charge is 0.159 e. The Morgan fingerprint density at radius 3 is 2.32 bits per heavy atom. The first-order valence-corrected chi connectivity index (χ1v) is 12.9. The molecule has 3 aromatic carbocycles. The summed E-state index contributed by atoms with van der Waals surface area (Å²) in [7, 11) is 1.60. The molecule has 0 saturated carbocycles. The molecule has 2 heterocycles. The van der Waals surface area contributed by atoms with Gasteiger partial charge in [-0.15, -0.1) is 0 Å². The van der Waals surface area contributed by atoms with Gasteiger partial charge in [0.25, 0.3) is 0 Å². The summed E-state index contributed by atoms with van der Waals surface area (Å²) in [6, 6.07) is 21.3. The van der Waals surface area contributed by atoms with Crippen molar-refractivity contribution in [2.75, 3.05) is 12.0 Å². The maximum absolute atomic E-state index is 8.64. The second kappa shape index (κ2) is 13.0. The molecule has 1 N–H and O–H groups in total. The number of aryl methyl sites for hydroxylation is 1. The van der Waals surface area contributed by atoms with Gasteiger partial charge in [0.1, 0.15) is 5.58 Å². The predicted molar refractivity (Wildman–Crippen MR) is 158 cm³/mol. The van der Waals surface area contributed by atoms with Gasteiger partial charge in [0.2, 0.25) is 0 Å². The number of allylic oxidation sites excluding steroid dienone is 4. The Bertz CT molecular complexity index is 1410. The van der Waals surface area contributed by atoms with Crippen LogP contribution in [0.4, 0.5) is 5.69 Å². The summed E-state index contributed by atoms with van der Waals surface area (Å²) >= 11 is 0. The summed E-state index contributed by atoms with van der Waals surface area (Å²) < 4.78 is 11.1. The van der Waals surface area contributed by atoms with Crippen LogP contribution < -0.4 is 4.90 Å². The van der Waals surface area contributed by atoms with Crippen LogP contribution in [0.2, 0.25) is 0 Å². The fourth-order valence-electron chi connectivity index (χ4n) is 4.34. The van der Waals surface area contributed by atoms with Crippen molar-refractivity contribution in [3.05, 3.63) is 108 Å². The minimum atomic E-state index is 0.0139. The van der Waals surface area contributed by atoms with Gasteiger partial charge in [-0.1, -0.05) is 74.5 Å². The van der Waals surface area contributed by atoms with Gasteiger partial charge in [-0.05, 0) is 68.2 Å². The molecule has 1 aliphatic heterocycles. The van der Waals surface area contributed by atoms with Gasteiger partial charge in [-0.2, -0.15) is 0 Å². The van der Waals surface area contributed by atoms with Crippen LogP contribution in [0.25, 0.3) is 27.5 Å². The molecule has 4 aromatic rings. The van der Waals surface area contributed by atoms with E-state index in [2.05, 4.69) is 91.7 Å². The van der Waals surface area contributed by atoms with Crippen molar-refractivity contribution in [1.29, 1.82) is 0 Å². The molecule has 4 nitrogen and oxygen atoms in total. The van der Waals surface area contributed by atoms with Gasteiger partial charge in [0.05, 0.1) is 17.6 Å². The number of hydrogen-bond donors (Lipinski definition) is 1. The molecule has 0 radical (unpaired) electrons. The van der Waals surface area contributed by atoms with Crippen LogP contribution >= 0.6 is 0 Å². The van der Waals surface area contributed by atoms with E-state index >= 15 is 0 Å². The monoisotopic (exact) mass is 497 g/mol. The number of rotatable bonds is 5. The Kier molecular flexibility index (Phi) is 9.76. The third kappa shape index (κ3) is 6.33. The maximum atomic E-state index is 8.64. The molecule has 194 valence electrons. The van der Waals surface area contributed by atoms with Crippen molar-refractivity contribution in [3.8, 4) is 0 Å². The molecule has 1 aromatic heterocycles. The molecule has 0 amide bonds. The number of ether oxygens (including phenoxy) is 1. The summed E-state index contributed by atoms with van der Waals surface area (Å²) in [5.74, 6) is 0.305. The van der Waals surface area contributed by atoms with Crippen LogP contribution in [-0.2, 0) is 11.3 Å². The lowest BCUT2D eigenvalue weighted by Crippen LogP contribution is -2.26. The minimum Gasteiger partial charge on any atom is -0.513 e. The van der Waals surface area contributed by atoms with Crippen LogP contribution in [0.3, 0.4) is 0 Å². The van der Waals surface area contributed by atoms with E-state index in [9.17, 15) is 0 Å². The van der Waals surface area contributed by atoms with Gasteiger partial charge in [-0.25, -0.2) is 0 Å². The second-order valence-corrected chi connectivity index (χ2v) is 8.81. The van der Waals surface area contributed by atoms with Gasteiger partial charge >= 0.3 is 0 Å². The lowest BCUT2D eigenvalue weighted by atomic mass is 9.99. The number of anilines is 1. The molecule has 0 saturated heterocycles. The first-order chi connectivity index (χ1) is 17.9. The topological polar surface area (TPSA) is 45.8 Å². The molecular weight excluding hydrogens is 458 g/mol. The van der Waals surface area contributed by atoms with Crippen molar-refractivity contribution in [1.82, 2.24) is 0 Å². The number of aliphatic hydroxyl groups excluding tert-OH is 1. The molecular formula is C33H39NO3. The molecule has 0 aliphatic carbocycles. The molecule has 4 heteroatoms. The van der Waals surface area contributed by atoms with E-state index in [4.69, 9.17) is 14.3 Å². The highest BCUT2D eigenvalue weighted by molar-refractivity contribution is 6.11. The molecule has 1 unspecified atom stereocenters. The van der Waals surface area contributed by atoms with Gasteiger partial charge in [-0.3, -0.25) is 0 Å². The van der Waals surface area contributed by atoms with Gasteiger partial charge in [0, 0.05) is 30.6 Å². The number of furan rings is 1. The van der Waals surface area contributed by atoms with Crippen molar-refractivity contribution in [2.24, 2.45) is 0 Å². The summed E-state index contributed by atoms with van der Waals surface area (Å²) in [5, 5.41) is 11.0. The van der Waals surface area contributed by atoms with Crippen LogP contribution in [0, 0.1) is 6.92 Å². The number of aliphatic hydroxyl groups is 1. The second-order valence-electron chi connectivity index (χ2n) is 8.81. The average Bonchev–Trinajstić information content (AvgIpc) is 3.27. The van der Waals surface area contributed by atoms with Crippen LogP contribution in [0.5, 0.6) is 0 Å². The molecule has 37 heavy (non-hydrogen) atoms. The molecule has 5 rings (SSSR count). The van der Waals surface area contributed by atoms with E-state index in [1.54, 1.807) is 20.1 Å². The van der Waals surface area contributed by atoms with Crippen LogP contribution in [0.15, 0.2) is 95.3 Å². The van der Waals surface area contributed by atoms with Crippen LogP contribution in [-0.4, -0.2) is 18.3 Å². The largest absolute Gasteiger partial charge is 0.513 e. The third-order valence-corrected chi connectivity index (χ3v) is 6.25. The highest BCUT2D eigenvalue weighted by atomic mass is 16.5. The first-order valence-electron chi connectivity index (χ1n) is 12.9. The molecule has 1 atom stereocenters.